The minimum Gasteiger partial charge on any atom is -0.448 e. The summed E-state index contributed by atoms with van der Waals surface area (Å²) in [7, 11) is 0. The Kier molecular flexibility index (Phi) is 4.30. The largest absolute Gasteiger partial charge is 0.448 e. The van der Waals surface area contributed by atoms with Crippen LogP contribution in [-0.4, -0.2) is 22.5 Å². The average molecular weight is 260 g/mol. The molecule has 1 amide bonds. The van der Waals surface area contributed by atoms with Crippen LogP contribution in [-0.2, 0) is 0 Å². The molecule has 0 saturated heterocycles. The van der Waals surface area contributed by atoms with E-state index in [0.717, 1.165) is 5.56 Å². The second kappa shape index (κ2) is 6.15. The molecule has 5 nitrogen and oxygen atoms in total. The van der Waals surface area contributed by atoms with Gasteiger partial charge in [-0.25, -0.2) is 4.98 Å². The van der Waals surface area contributed by atoms with Crippen molar-refractivity contribution in [3.05, 3.63) is 53.7 Å². The summed E-state index contributed by atoms with van der Waals surface area (Å²) in [4.78, 5) is 15.6. The number of hydrogen-bond acceptors (Lipinski definition) is 4. The van der Waals surface area contributed by atoms with Crippen molar-refractivity contribution in [2.75, 3.05) is 6.54 Å². The Balaban J connectivity index is 1.81. The second-order valence-corrected chi connectivity index (χ2v) is 4.23. The molecule has 1 unspecified atom stereocenters. The highest BCUT2D eigenvalue weighted by Gasteiger charge is 2.13. The molecule has 1 aromatic heterocycles. The molecule has 19 heavy (non-hydrogen) atoms. The van der Waals surface area contributed by atoms with Crippen LogP contribution < -0.4 is 5.32 Å². The van der Waals surface area contributed by atoms with Crippen molar-refractivity contribution < 1.29 is 14.3 Å². The SMILES string of the molecule is Cc1ocnc1C(=O)NCCC(O)c1ccccc1. The summed E-state index contributed by atoms with van der Waals surface area (Å²) in [5, 5.41) is 12.6. The smallest absolute Gasteiger partial charge is 0.273 e. The average Bonchev–Trinajstić information content (AvgIpc) is 2.86. The zero-order chi connectivity index (χ0) is 13.7. The van der Waals surface area contributed by atoms with Gasteiger partial charge in [0.1, 0.15) is 5.76 Å². The number of aryl methyl sites for hydroxylation is 1. The van der Waals surface area contributed by atoms with Crippen molar-refractivity contribution in [2.45, 2.75) is 19.4 Å². The van der Waals surface area contributed by atoms with E-state index in [-0.39, 0.29) is 11.6 Å². The van der Waals surface area contributed by atoms with Crippen LogP contribution in [0.3, 0.4) is 0 Å². The van der Waals surface area contributed by atoms with Gasteiger partial charge in [-0.3, -0.25) is 4.79 Å². The van der Waals surface area contributed by atoms with Gasteiger partial charge in [-0.05, 0) is 18.9 Å². The van der Waals surface area contributed by atoms with Crippen molar-refractivity contribution in [3.8, 4) is 0 Å². The summed E-state index contributed by atoms with van der Waals surface area (Å²) in [6, 6.07) is 9.35. The Morgan fingerprint density at radius 2 is 2.16 bits per heavy atom. The van der Waals surface area contributed by atoms with Crippen molar-refractivity contribution in [1.82, 2.24) is 10.3 Å². The van der Waals surface area contributed by atoms with Gasteiger partial charge in [0.05, 0.1) is 6.10 Å². The van der Waals surface area contributed by atoms with E-state index < -0.39 is 6.10 Å². The molecule has 5 heteroatoms. The lowest BCUT2D eigenvalue weighted by Crippen LogP contribution is -2.26. The first-order valence-electron chi connectivity index (χ1n) is 6.10. The summed E-state index contributed by atoms with van der Waals surface area (Å²) in [5.41, 5.74) is 1.13. The Morgan fingerprint density at radius 1 is 1.42 bits per heavy atom. The highest BCUT2D eigenvalue weighted by atomic mass is 16.3. The van der Waals surface area contributed by atoms with E-state index in [0.29, 0.717) is 18.7 Å². The quantitative estimate of drug-likeness (QED) is 0.860. The molecule has 0 fully saturated rings. The molecule has 0 bridgehead atoms. The molecular formula is C14H16N2O3. The third-order valence-electron chi connectivity index (χ3n) is 2.85. The molecule has 1 aromatic carbocycles. The highest BCUT2D eigenvalue weighted by molar-refractivity contribution is 5.92. The van der Waals surface area contributed by atoms with Gasteiger partial charge < -0.3 is 14.8 Å². The fraction of sp³-hybridized carbons (Fsp3) is 0.286. The topological polar surface area (TPSA) is 75.4 Å². The summed E-state index contributed by atoms with van der Waals surface area (Å²) >= 11 is 0. The number of aliphatic hydroxyl groups is 1. The summed E-state index contributed by atoms with van der Waals surface area (Å²) in [6.07, 6.45) is 1.11. The predicted octanol–water partition coefficient (Wildman–Crippen LogP) is 1.84. The Hall–Kier alpha value is -2.14. The molecule has 0 saturated carbocycles. The molecule has 0 radical (unpaired) electrons. The number of hydrogen-bond donors (Lipinski definition) is 2. The van der Waals surface area contributed by atoms with Crippen molar-refractivity contribution in [1.29, 1.82) is 0 Å². The number of aliphatic hydroxyl groups excluding tert-OH is 1. The first kappa shape index (κ1) is 13.3. The minimum atomic E-state index is -0.583. The van der Waals surface area contributed by atoms with Crippen molar-refractivity contribution in [3.63, 3.8) is 0 Å². The van der Waals surface area contributed by atoms with E-state index in [9.17, 15) is 9.90 Å². The van der Waals surface area contributed by atoms with Crippen LogP contribution in [0.1, 0.15) is 34.3 Å². The Labute approximate surface area is 111 Å². The number of nitrogens with one attached hydrogen (secondary N) is 1. The molecule has 2 aromatic rings. The van der Waals surface area contributed by atoms with Gasteiger partial charge in [0, 0.05) is 6.54 Å². The number of amides is 1. The van der Waals surface area contributed by atoms with Crippen LogP contribution >= 0.6 is 0 Å². The third kappa shape index (κ3) is 3.42. The number of oxazole rings is 1. The van der Waals surface area contributed by atoms with E-state index in [1.54, 1.807) is 6.92 Å². The maximum Gasteiger partial charge on any atom is 0.273 e. The van der Waals surface area contributed by atoms with Gasteiger partial charge in [0.25, 0.3) is 5.91 Å². The van der Waals surface area contributed by atoms with Gasteiger partial charge in [-0.15, -0.1) is 0 Å². The molecule has 0 spiro atoms. The third-order valence-corrected chi connectivity index (χ3v) is 2.85. The van der Waals surface area contributed by atoms with Crippen LogP contribution in [0.5, 0.6) is 0 Å². The zero-order valence-electron chi connectivity index (χ0n) is 10.7. The first-order chi connectivity index (χ1) is 9.18. The Morgan fingerprint density at radius 3 is 2.79 bits per heavy atom. The molecule has 0 aliphatic heterocycles. The van der Waals surface area contributed by atoms with Crippen LogP contribution in [0.4, 0.5) is 0 Å². The van der Waals surface area contributed by atoms with Gasteiger partial charge in [-0.1, -0.05) is 30.3 Å². The van der Waals surface area contributed by atoms with Gasteiger partial charge >= 0.3 is 0 Å². The predicted molar refractivity (Wildman–Crippen MR) is 69.6 cm³/mol. The van der Waals surface area contributed by atoms with Crippen molar-refractivity contribution >= 4 is 5.91 Å². The number of rotatable bonds is 5. The van der Waals surface area contributed by atoms with Crippen LogP contribution in [0.15, 0.2) is 41.1 Å². The molecule has 0 aliphatic carbocycles. The van der Waals surface area contributed by atoms with Crippen LogP contribution in [0, 0.1) is 6.92 Å². The molecule has 1 heterocycles. The number of nitrogens with zero attached hydrogens (tertiary/aromatic N) is 1. The molecule has 1 atom stereocenters. The lowest BCUT2D eigenvalue weighted by atomic mass is 10.1. The van der Waals surface area contributed by atoms with Crippen LogP contribution in [0.2, 0.25) is 0 Å². The lowest BCUT2D eigenvalue weighted by Gasteiger charge is -2.11. The number of aromatic nitrogens is 1. The molecule has 2 N–H and O–H groups in total. The first-order valence-corrected chi connectivity index (χ1v) is 6.10. The fourth-order valence-corrected chi connectivity index (χ4v) is 1.77. The van der Waals surface area contributed by atoms with E-state index in [4.69, 9.17) is 4.42 Å². The van der Waals surface area contributed by atoms with Crippen molar-refractivity contribution in [2.24, 2.45) is 0 Å². The zero-order valence-corrected chi connectivity index (χ0v) is 10.7. The van der Waals surface area contributed by atoms with E-state index in [2.05, 4.69) is 10.3 Å². The monoisotopic (exact) mass is 260 g/mol. The maximum absolute atomic E-state index is 11.7. The Bertz CT molecular complexity index is 537. The van der Waals surface area contributed by atoms with E-state index in [1.165, 1.54) is 6.39 Å². The minimum absolute atomic E-state index is 0.286. The van der Waals surface area contributed by atoms with Gasteiger partial charge in [0.15, 0.2) is 12.1 Å². The van der Waals surface area contributed by atoms with Gasteiger partial charge in [0.2, 0.25) is 0 Å². The highest BCUT2D eigenvalue weighted by Crippen LogP contribution is 2.15. The van der Waals surface area contributed by atoms with E-state index in [1.807, 2.05) is 30.3 Å². The molecular weight excluding hydrogens is 244 g/mol. The lowest BCUT2D eigenvalue weighted by molar-refractivity contribution is 0.0937. The normalized spacial score (nSPS) is 12.1. The maximum atomic E-state index is 11.7. The number of carbonyl (C=O) groups is 1. The molecule has 100 valence electrons. The summed E-state index contributed by atoms with van der Waals surface area (Å²) in [5.74, 6) is 0.201. The molecule has 2 rings (SSSR count). The van der Waals surface area contributed by atoms with E-state index >= 15 is 0 Å². The fourth-order valence-electron chi connectivity index (χ4n) is 1.77. The standard InChI is InChI=1S/C14H16N2O3/c1-10-13(16-9-19-10)14(18)15-8-7-12(17)11-5-3-2-4-6-11/h2-6,9,12,17H,7-8H2,1H3,(H,15,18). The van der Waals surface area contributed by atoms with Gasteiger partial charge in [-0.2, -0.15) is 0 Å². The summed E-state index contributed by atoms with van der Waals surface area (Å²) < 4.78 is 4.96. The molecule has 0 aliphatic rings. The number of carbonyl (C=O) groups excluding carboxylic acids is 1. The summed E-state index contributed by atoms with van der Waals surface area (Å²) in [6.45, 7) is 2.06. The second-order valence-electron chi connectivity index (χ2n) is 4.23. The number of benzene rings is 1. The van der Waals surface area contributed by atoms with Crippen LogP contribution in [0.25, 0.3) is 0 Å².